The highest BCUT2D eigenvalue weighted by molar-refractivity contribution is 7.43. The van der Waals surface area contributed by atoms with Crippen molar-refractivity contribution in [3.05, 3.63) is 130 Å². The summed E-state index contributed by atoms with van der Waals surface area (Å²) in [5.41, 5.74) is 7.08. The fourth-order valence-electron chi connectivity index (χ4n) is 9.97. The van der Waals surface area contributed by atoms with Crippen LogP contribution >= 0.6 is 16.8 Å². The summed E-state index contributed by atoms with van der Waals surface area (Å²) in [5.74, 6) is 5.03. The van der Waals surface area contributed by atoms with Crippen LogP contribution < -0.4 is 37.0 Å². The second-order valence-corrected chi connectivity index (χ2v) is 27.1. The molecular formula is C69H92O10P2. The third kappa shape index (κ3) is 15.6. The van der Waals surface area contributed by atoms with Gasteiger partial charge in [0.05, 0.1) is 28.4 Å². The topological polar surface area (TPSA) is 100 Å². The van der Waals surface area contributed by atoms with Crippen LogP contribution in [0.2, 0.25) is 0 Å². The Morgan fingerprint density at radius 3 is 1.17 bits per heavy atom. The largest absolute Gasteiger partial charge is 0.530 e. The number of rotatable bonds is 25. The first kappa shape index (κ1) is 62.6. The van der Waals surface area contributed by atoms with E-state index in [2.05, 4.69) is 139 Å². The van der Waals surface area contributed by atoms with Gasteiger partial charge in [-0.15, -0.1) is 0 Å². The number of benzene rings is 6. The van der Waals surface area contributed by atoms with E-state index < -0.39 is 27.7 Å². The van der Waals surface area contributed by atoms with E-state index in [1.807, 2.05) is 54.6 Å². The minimum Gasteiger partial charge on any atom is -0.497 e. The molecule has 0 aliphatic rings. The zero-order valence-corrected chi connectivity index (χ0v) is 53.8. The summed E-state index contributed by atoms with van der Waals surface area (Å²) in [6, 6.07) is 33.0. The molecular weight excluding hydrogens is 1050 g/mol. The van der Waals surface area contributed by atoms with Gasteiger partial charge in [-0.1, -0.05) is 160 Å². The van der Waals surface area contributed by atoms with Gasteiger partial charge in [-0.3, -0.25) is 0 Å². The van der Waals surface area contributed by atoms with Crippen LogP contribution in [-0.4, -0.2) is 28.4 Å². The third-order valence-corrected chi connectivity index (χ3v) is 17.4. The second kappa shape index (κ2) is 27.0. The van der Waals surface area contributed by atoms with Gasteiger partial charge in [0.1, 0.15) is 57.2 Å². The molecule has 6 aromatic carbocycles. The quantitative estimate of drug-likeness (QED) is 0.0406. The summed E-state index contributed by atoms with van der Waals surface area (Å²) in [6.07, 6.45) is 12.4. The Morgan fingerprint density at radius 2 is 0.790 bits per heavy atom. The fraction of sp³-hybridized carbons (Fsp3) is 0.478. The van der Waals surface area contributed by atoms with Gasteiger partial charge < -0.3 is 45.4 Å². The van der Waals surface area contributed by atoms with Crippen LogP contribution in [0.25, 0.3) is 33.1 Å². The Bertz CT molecular complexity index is 3110. The van der Waals surface area contributed by atoms with Crippen LogP contribution in [0.1, 0.15) is 188 Å². The number of hydrogen-bond acceptors (Lipinski definition) is 10. The van der Waals surface area contributed by atoms with Crippen molar-refractivity contribution in [2.75, 3.05) is 28.4 Å². The van der Waals surface area contributed by atoms with Crippen LogP contribution in [0, 0.1) is 0 Å². The lowest BCUT2D eigenvalue weighted by Gasteiger charge is -2.30. The first-order valence-electron chi connectivity index (χ1n) is 29.2. The lowest BCUT2D eigenvalue weighted by atomic mass is 9.79. The number of unbranched alkanes of at least 4 members (excludes halogenated alkanes) is 6. The highest BCUT2D eigenvalue weighted by atomic mass is 31.2. The van der Waals surface area contributed by atoms with E-state index in [0.717, 1.165) is 65.1 Å². The Balaban J connectivity index is 1.52. The van der Waals surface area contributed by atoms with E-state index in [1.54, 1.807) is 28.4 Å². The molecule has 0 fully saturated rings. The molecule has 0 aliphatic carbocycles. The van der Waals surface area contributed by atoms with Crippen LogP contribution in [0.5, 0.6) is 46.0 Å². The van der Waals surface area contributed by atoms with Crippen molar-refractivity contribution in [1.82, 2.24) is 0 Å². The maximum atomic E-state index is 7.61. The Kier molecular flexibility index (Phi) is 20.9. The van der Waals surface area contributed by atoms with Crippen molar-refractivity contribution in [1.29, 1.82) is 0 Å². The number of hydrogen-bond donors (Lipinski definition) is 0. The van der Waals surface area contributed by atoms with E-state index in [9.17, 15) is 0 Å². The zero-order chi connectivity index (χ0) is 58.9. The molecule has 0 aliphatic heterocycles. The molecule has 0 atom stereocenters. The van der Waals surface area contributed by atoms with Crippen molar-refractivity contribution < 1.29 is 45.4 Å². The average molecular weight is 1140 g/mol. The smallest absolute Gasteiger partial charge is 0.497 e. The normalized spacial score (nSPS) is 12.2. The first-order valence-corrected chi connectivity index (χ1v) is 31.4. The van der Waals surface area contributed by atoms with Crippen LogP contribution in [0.4, 0.5) is 0 Å². The monoisotopic (exact) mass is 1140 g/mol. The molecule has 0 saturated carbocycles. The van der Waals surface area contributed by atoms with Gasteiger partial charge in [-0.25, -0.2) is 0 Å². The van der Waals surface area contributed by atoms with E-state index >= 15 is 0 Å². The maximum Gasteiger partial charge on any atom is 0.530 e. The van der Waals surface area contributed by atoms with E-state index in [4.69, 9.17) is 45.4 Å². The SMILES string of the molecule is CCCCCCc1ccc(OP(Oc2ccc(CCCCCC)cc2)Oc2c(-c3cc(OC)cc(C(C)(C)CC)c3Op3oc4c(C(C)(C)C)cc(OC)cc4c4cc(OC)cc(C(C)(C)C)c4o3)cc(OC)cc2C(C)(C)C)cc1. The van der Waals surface area contributed by atoms with E-state index in [1.165, 1.54) is 49.7 Å². The summed E-state index contributed by atoms with van der Waals surface area (Å²) in [4.78, 5) is 0. The number of aryl methyl sites for hydroxylation is 2. The maximum absolute atomic E-state index is 7.61. The predicted octanol–water partition coefficient (Wildman–Crippen LogP) is 21.4. The van der Waals surface area contributed by atoms with Crippen molar-refractivity contribution in [2.24, 2.45) is 0 Å². The van der Waals surface area contributed by atoms with Gasteiger partial charge >= 0.3 is 16.8 Å². The second-order valence-electron chi connectivity index (χ2n) is 25.1. The van der Waals surface area contributed by atoms with Crippen molar-refractivity contribution in [2.45, 2.75) is 189 Å². The van der Waals surface area contributed by atoms with E-state index in [-0.39, 0.29) is 10.8 Å². The lowest BCUT2D eigenvalue weighted by molar-refractivity contribution is 0.380. The molecule has 10 nitrogen and oxygen atoms in total. The Hall–Kier alpha value is -5.95. The summed E-state index contributed by atoms with van der Waals surface area (Å²) in [5, 5.41) is 1.62. The molecule has 0 saturated heterocycles. The Morgan fingerprint density at radius 1 is 0.407 bits per heavy atom. The average Bonchev–Trinajstić information content (AvgIpc) is 3.31. The summed E-state index contributed by atoms with van der Waals surface area (Å²) < 4.78 is 68.0. The van der Waals surface area contributed by atoms with Crippen molar-refractivity contribution in [3.63, 3.8) is 0 Å². The molecule has 1 heterocycles. The van der Waals surface area contributed by atoms with Gasteiger partial charge in [0.2, 0.25) is 0 Å². The molecule has 0 radical (unpaired) electrons. The highest BCUT2D eigenvalue weighted by Crippen LogP contribution is 2.56. The van der Waals surface area contributed by atoms with Gasteiger partial charge in [-0.05, 0) is 138 Å². The number of ether oxygens (including phenoxy) is 4. The number of methoxy groups -OCH3 is 4. The molecule has 0 unspecified atom stereocenters. The molecule has 7 aromatic rings. The molecule has 0 amide bonds. The molecule has 438 valence electrons. The minimum atomic E-state index is -2.28. The highest BCUT2D eigenvalue weighted by Gasteiger charge is 2.35. The lowest BCUT2D eigenvalue weighted by Crippen LogP contribution is -2.18. The Labute approximate surface area is 487 Å². The standard InChI is InChI=1S/C69H92O10P2/c1-19-22-24-26-28-46-30-34-48(35-31-46)74-80(75-49-36-32-47(33-37-49)29-27-25-23-20-2)76-62-56(40-52(72-17)42-58(62)66(4,5)6)57-41-53(73-18)45-61(69(13,14)21-3)65(57)79-81-77-63-54(38-50(70-15)43-59(63)67(7,8)9)55-39-51(71-16)44-60(64(55)78-81)68(10,11)12/h30-45H,19-29H2,1-18H3. The number of fused-ring (bicyclic) bond motifs is 3. The van der Waals surface area contributed by atoms with E-state index in [0.29, 0.717) is 68.3 Å². The molecule has 0 bridgehead atoms. The predicted molar refractivity (Wildman–Crippen MR) is 337 cm³/mol. The van der Waals surface area contributed by atoms with Crippen LogP contribution in [0.15, 0.2) is 105 Å². The summed E-state index contributed by atoms with van der Waals surface area (Å²) in [6.45, 7) is 30.7. The van der Waals surface area contributed by atoms with Gasteiger partial charge in [-0.2, -0.15) is 0 Å². The van der Waals surface area contributed by atoms with Crippen LogP contribution in [0.3, 0.4) is 0 Å². The molecule has 0 N–H and O–H groups in total. The fourth-order valence-corrected chi connectivity index (χ4v) is 12.2. The molecule has 0 spiro atoms. The van der Waals surface area contributed by atoms with Gasteiger partial charge in [0, 0.05) is 44.2 Å². The third-order valence-electron chi connectivity index (χ3n) is 15.3. The van der Waals surface area contributed by atoms with Crippen molar-refractivity contribution >= 4 is 38.8 Å². The first-order chi connectivity index (χ1) is 38.4. The van der Waals surface area contributed by atoms with Crippen LogP contribution in [-0.2, 0) is 34.5 Å². The molecule has 81 heavy (non-hydrogen) atoms. The summed E-state index contributed by atoms with van der Waals surface area (Å²) in [7, 11) is 2.31. The molecule has 7 rings (SSSR count). The molecule has 1 aromatic heterocycles. The summed E-state index contributed by atoms with van der Waals surface area (Å²) >= 11 is 0. The van der Waals surface area contributed by atoms with Crippen molar-refractivity contribution in [3.8, 4) is 57.1 Å². The zero-order valence-electron chi connectivity index (χ0n) is 52.0. The van der Waals surface area contributed by atoms with Gasteiger partial charge in [0.15, 0.2) is 0 Å². The minimum absolute atomic E-state index is 0.387. The molecule has 12 heteroatoms. The van der Waals surface area contributed by atoms with Gasteiger partial charge in [0.25, 0.3) is 0 Å².